The molecular weight excluding hydrogens is 388 g/mol. The molecule has 1 fully saturated rings. The van der Waals surface area contributed by atoms with E-state index in [0.29, 0.717) is 5.75 Å². The zero-order valence-corrected chi connectivity index (χ0v) is 17.2. The van der Waals surface area contributed by atoms with Gasteiger partial charge in [0, 0.05) is 19.6 Å². The van der Waals surface area contributed by atoms with E-state index in [1.165, 1.54) is 36.3 Å². The lowest BCUT2D eigenvalue weighted by molar-refractivity contribution is -0.152. The van der Waals surface area contributed by atoms with E-state index < -0.39 is 34.0 Å². The molecule has 1 amide bonds. The van der Waals surface area contributed by atoms with Crippen molar-refractivity contribution in [2.24, 2.45) is 5.92 Å². The van der Waals surface area contributed by atoms with Crippen LogP contribution in [0.4, 0.5) is 0 Å². The number of esters is 1. The highest BCUT2D eigenvalue weighted by molar-refractivity contribution is 7.89. The zero-order chi connectivity index (χ0) is 21.1. The van der Waals surface area contributed by atoms with Crippen LogP contribution in [0.15, 0.2) is 29.2 Å². The van der Waals surface area contributed by atoms with Crippen molar-refractivity contribution in [2.75, 3.05) is 33.9 Å². The molecule has 0 bridgehead atoms. The molecule has 1 N–H and O–H groups in total. The Bertz CT molecular complexity index is 808. The van der Waals surface area contributed by atoms with Gasteiger partial charge in [0.05, 0.1) is 19.1 Å². The molecule has 1 aliphatic rings. The van der Waals surface area contributed by atoms with E-state index in [0.717, 1.165) is 11.4 Å². The molecule has 0 aromatic heterocycles. The van der Waals surface area contributed by atoms with E-state index >= 15 is 0 Å². The Morgan fingerprint density at radius 2 is 1.75 bits per heavy atom. The number of piperazine rings is 1. The number of aliphatic hydroxyl groups is 1. The van der Waals surface area contributed by atoms with E-state index in [2.05, 4.69) is 0 Å². The molecule has 2 rings (SSSR count). The van der Waals surface area contributed by atoms with E-state index in [1.807, 2.05) is 0 Å². The average Bonchev–Trinajstić information content (AvgIpc) is 2.71. The lowest BCUT2D eigenvalue weighted by atomic mass is 10.1. The summed E-state index contributed by atoms with van der Waals surface area (Å²) >= 11 is 0. The van der Waals surface area contributed by atoms with Gasteiger partial charge in [0.2, 0.25) is 10.0 Å². The lowest BCUT2D eigenvalue weighted by Gasteiger charge is -2.39. The maximum absolute atomic E-state index is 13.1. The molecule has 156 valence electrons. The van der Waals surface area contributed by atoms with Crippen LogP contribution in [0.2, 0.25) is 0 Å². The van der Waals surface area contributed by atoms with Crippen LogP contribution in [0, 0.1) is 5.92 Å². The first-order valence-electron chi connectivity index (χ1n) is 8.84. The first-order valence-corrected chi connectivity index (χ1v) is 10.3. The van der Waals surface area contributed by atoms with Gasteiger partial charge in [0.15, 0.2) is 0 Å². The van der Waals surface area contributed by atoms with Crippen molar-refractivity contribution in [1.29, 1.82) is 0 Å². The Kier molecular flexibility index (Phi) is 7.02. The van der Waals surface area contributed by atoms with Gasteiger partial charge in [-0.1, -0.05) is 13.8 Å². The van der Waals surface area contributed by atoms with Gasteiger partial charge in [-0.05, 0) is 30.2 Å². The summed E-state index contributed by atoms with van der Waals surface area (Å²) in [5.74, 6) is -1.11. The molecular formula is C18H26N2O7S. The number of hydrogen-bond acceptors (Lipinski definition) is 7. The third-order valence-corrected chi connectivity index (χ3v) is 6.59. The summed E-state index contributed by atoms with van der Waals surface area (Å²) in [5.41, 5.74) is 0. The fourth-order valence-corrected chi connectivity index (χ4v) is 4.50. The Morgan fingerprint density at radius 3 is 2.25 bits per heavy atom. The van der Waals surface area contributed by atoms with E-state index in [-0.39, 0.29) is 30.4 Å². The van der Waals surface area contributed by atoms with Gasteiger partial charge in [-0.25, -0.2) is 8.42 Å². The second kappa shape index (κ2) is 8.89. The highest BCUT2D eigenvalue weighted by Gasteiger charge is 2.43. The Labute approximate surface area is 164 Å². The number of methoxy groups -OCH3 is 2. The van der Waals surface area contributed by atoms with Gasteiger partial charge in [-0.2, -0.15) is 4.31 Å². The van der Waals surface area contributed by atoms with Crippen molar-refractivity contribution in [1.82, 2.24) is 9.21 Å². The minimum Gasteiger partial charge on any atom is -0.497 e. The van der Waals surface area contributed by atoms with Crippen LogP contribution in [-0.2, 0) is 24.3 Å². The minimum atomic E-state index is -4.00. The molecule has 28 heavy (non-hydrogen) atoms. The largest absolute Gasteiger partial charge is 0.497 e. The molecule has 10 heteroatoms. The summed E-state index contributed by atoms with van der Waals surface area (Å²) in [6, 6.07) is 4.61. The molecule has 1 aromatic carbocycles. The van der Waals surface area contributed by atoms with Gasteiger partial charge in [0.25, 0.3) is 5.91 Å². The van der Waals surface area contributed by atoms with E-state index in [4.69, 9.17) is 9.47 Å². The maximum atomic E-state index is 13.1. The molecule has 1 aliphatic heterocycles. The van der Waals surface area contributed by atoms with Crippen LogP contribution < -0.4 is 4.74 Å². The lowest BCUT2D eigenvalue weighted by Crippen LogP contribution is -2.61. The number of amides is 1. The predicted molar refractivity (Wildman–Crippen MR) is 100 cm³/mol. The summed E-state index contributed by atoms with van der Waals surface area (Å²) < 4.78 is 36.9. The normalized spacial score (nSPS) is 19.4. The Balaban J connectivity index is 2.31. The number of nitrogens with zero attached hydrogens (tertiary/aromatic N) is 2. The van der Waals surface area contributed by atoms with Gasteiger partial charge < -0.3 is 19.5 Å². The number of ether oxygens (including phenoxy) is 2. The summed E-state index contributed by atoms with van der Waals surface area (Å²) in [7, 11) is -1.37. The SMILES string of the molecule is COC(=O)C1CN(C(=O)[C@@H](O)C(C)C)CCN1S(=O)(=O)c1ccc(OC)cc1. The van der Waals surface area contributed by atoms with Crippen molar-refractivity contribution in [3.63, 3.8) is 0 Å². The number of rotatable bonds is 6. The molecule has 0 saturated carbocycles. The molecule has 0 radical (unpaired) electrons. The number of sulfonamides is 1. The van der Waals surface area contributed by atoms with Gasteiger partial charge >= 0.3 is 5.97 Å². The van der Waals surface area contributed by atoms with Crippen LogP contribution in [-0.4, -0.2) is 80.6 Å². The molecule has 1 unspecified atom stereocenters. The van der Waals surface area contributed by atoms with Crippen LogP contribution in [0.3, 0.4) is 0 Å². The third-order valence-electron chi connectivity index (χ3n) is 4.67. The van der Waals surface area contributed by atoms with Gasteiger partial charge in [0.1, 0.15) is 17.9 Å². The van der Waals surface area contributed by atoms with Crippen molar-refractivity contribution in [3.8, 4) is 5.75 Å². The Hall–Kier alpha value is -2.17. The molecule has 0 aliphatic carbocycles. The smallest absolute Gasteiger partial charge is 0.326 e. The van der Waals surface area contributed by atoms with Gasteiger partial charge in [-0.3, -0.25) is 9.59 Å². The topological polar surface area (TPSA) is 113 Å². The first-order chi connectivity index (χ1) is 13.1. The van der Waals surface area contributed by atoms with Gasteiger partial charge in [-0.15, -0.1) is 0 Å². The summed E-state index contributed by atoms with van der Waals surface area (Å²) in [6.07, 6.45) is -1.22. The highest BCUT2D eigenvalue weighted by Crippen LogP contribution is 2.24. The molecule has 1 heterocycles. The standard InChI is InChI=1S/C18H26N2O7S/c1-12(2)16(21)17(22)19-9-10-20(15(11-19)18(23)27-4)28(24,25)14-7-5-13(26-3)6-8-14/h5-8,12,15-16,21H,9-11H2,1-4H3/t15?,16-/m0/s1. The summed E-state index contributed by atoms with van der Waals surface area (Å²) in [4.78, 5) is 26.0. The number of carbonyl (C=O) groups excluding carboxylic acids is 2. The Morgan fingerprint density at radius 1 is 1.14 bits per heavy atom. The van der Waals surface area contributed by atoms with Crippen LogP contribution in [0.25, 0.3) is 0 Å². The van der Waals surface area contributed by atoms with Crippen molar-refractivity contribution in [3.05, 3.63) is 24.3 Å². The highest BCUT2D eigenvalue weighted by atomic mass is 32.2. The number of carbonyl (C=O) groups is 2. The van der Waals surface area contributed by atoms with Crippen LogP contribution >= 0.6 is 0 Å². The molecule has 0 spiro atoms. The summed E-state index contributed by atoms with van der Waals surface area (Å²) in [6.45, 7) is 3.18. The second-order valence-corrected chi connectivity index (χ2v) is 8.69. The molecule has 1 saturated heterocycles. The predicted octanol–water partition coefficient (Wildman–Crippen LogP) is 0.0866. The minimum absolute atomic E-state index is 0.00388. The third kappa shape index (κ3) is 4.45. The monoisotopic (exact) mass is 414 g/mol. The average molecular weight is 414 g/mol. The first kappa shape index (κ1) is 22.1. The zero-order valence-electron chi connectivity index (χ0n) is 16.4. The van der Waals surface area contributed by atoms with Crippen LogP contribution in [0.1, 0.15) is 13.8 Å². The van der Waals surface area contributed by atoms with Crippen molar-refractivity contribution < 1.29 is 32.6 Å². The molecule has 9 nitrogen and oxygen atoms in total. The van der Waals surface area contributed by atoms with Crippen LogP contribution in [0.5, 0.6) is 5.75 Å². The van der Waals surface area contributed by atoms with E-state index in [9.17, 15) is 23.1 Å². The van der Waals surface area contributed by atoms with Crippen molar-refractivity contribution >= 4 is 21.9 Å². The summed E-state index contributed by atoms with van der Waals surface area (Å²) in [5, 5.41) is 10.0. The molecule has 1 aromatic rings. The number of benzene rings is 1. The second-order valence-electron chi connectivity index (χ2n) is 6.80. The molecule has 2 atom stereocenters. The fraction of sp³-hybridized carbons (Fsp3) is 0.556. The number of hydrogen-bond donors (Lipinski definition) is 1. The maximum Gasteiger partial charge on any atom is 0.326 e. The van der Waals surface area contributed by atoms with Crippen molar-refractivity contribution in [2.45, 2.75) is 30.9 Å². The quantitative estimate of drug-likeness (QED) is 0.656. The fourth-order valence-electron chi connectivity index (χ4n) is 2.94. The van der Waals surface area contributed by atoms with E-state index in [1.54, 1.807) is 13.8 Å². The number of aliphatic hydroxyl groups excluding tert-OH is 1.